The lowest BCUT2D eigenvalue weighted by atomic mass is 9.77. The predicted octanol–water partition coefficient (Wildman–Crippen LogP) is 15.4. The summed E-state index contributed by atoms with van der Waals surface area (Å²) in [5, 5.41) is 1.04. The zero-order chi connectivity index (χ0) is 47.2. The van der Waals surface area contributed by atoms with Crippen molar-refractivity contribution in [1.82, 2.24) is 0 Å². The lowest BCUT2D eigenvalue weighted by molar-refractivity contribution is 0.477. The van der Waals surface area contributed by atoms with Crippen LogP contribution in [0.1, 0.15) is 61.1 Å². The van der Waals surface area contributed by atoms with Gasteiger partial charge in [-0.05, 0) is 181 Å². The van der Waals surface area contributed by atoms with Crippen LogP contribution in [0, 0.1) is 13.8 Å². The van der Waals surface area contributed by atoms with Crippen molar-refractivity contribution in [3.63, 3.8) is 0 Å². The highest BCUT2D eigenvalue weighted by molar-refractivity contribution is 6.32. The van der Waals surface area contributed by atoms with Crippen LogP contribution in [0.4, 0.5) is 22.7 Å². The van der Waals surface area contributed by atoms with Crippen molar-refractivity contribution in [2.75, 3.05) is 22.9 Å². The van der Waals surface area contributed by atoms with Crippen LogP contribution in [-0.4, -0.2) is 0 Å². The third-order valence-electron chi connectivity index (χ3n) is 11.5. The SMILES string of the molecule is CC(C)(c1ccc(Oc2ccc(N)cc2)c(Cl)c1)c1ccc(Oc2ccc(N)cc2)c(Cl)c1.Cc1cc(C(C)(C)c2ccc(Oc3ccc(N)cc3)c(C)c2)ccc1Oc1ccc(N)cc1. The number of hydrogen-bond donors (Lipinski definition) is 4. The van der Waals surface area contributed by atoms with Crippen LogP contribution in [0.5, 0.6) is 46.0 Å². The van der Waals surface area contributed by atoms with Gasteiger partial charge in [0.1, 0.15) is 46.0 Å². The largest absolute Gasteiger partial charge is 0.457 e. The molecular weight excluding hydrogens is 864 g/mol. The third kappa shape index (κ3) is 11.3. The Morgan fingerprint density at radius 1 is 0.318 bits per heavy atom. The fourth-order valence-corrected chi connectivity index (χ4v) is 7.67. The maximum Gasteiger partial charge on any atom is 0.146 e. The van der Waals surface area contributed by atoms with Gasteiger partial charge in [-0.15, -0.1) is 0 Å². The van der Waals surface area contributed by atoms with Crippen molar-refractivity contribution in [2.45, 2.75) is 52.4 Å². The zero-order valence-corrected chi connectivity index (χ0v) is 39.4. The molecule has 0 spiro atoms. The van der Waals surface area contributed by atoms with E-state index >= 15 is 0 Å². The van der Waals surface area contributed by atoms with Gasteiger partial charge in [0.25, 0.3) is 0 Å². The average molecular weight is 918 g/mol. The molecule has 0 unspecified atom stereocenters. The molecule has 8 N–H and O–H groups in total. The van der Waals surface area contributed by atoms with Crippen LogP contribution >= 0.6 is 23.2 Å². The smallest absolute Gasteiger partial charge is 0.146 e. The lowest BCUT2D eigenvalue weighted by Crippen LogP contribution is -2.19. The van der Waals surface area contributed by atoms with Crippen molar-refractivity contribution in [3.8, 4) is 46.0 Å². The van der Waals surface area contributed by atoms with E-state index < -0.39 is 0 Å². The van der Waals surface area contributed by atoms with E-state index in [2.05, 4.69) is 65.8 Å². The van der Waals surface area contributed by atoms with Gasteiger partial charge >= 0.3 is 0 Å². The molecule has 8 nitrogen and oxygen atoms in total. The van der Waals surface area contributed by atoms with Gasteiger partial charge in [0.2, 0.25) is 0 Å². The second kappa shape index (κ2) is 19.9. The minimum absolute atomic E-state index is 0.186. The maximum atomic E-state index is 6.56. The Morgan fingerprint density at radius 3 is 0.788 bits per heavy atom. The molecule has 10 heteroatoms. The first-order valence-electron chi connectivity index (χ1n) is 21.4. The predicted molar refractivity (Wildman–Crippen MR) is 273 cm³/mol. The number of hydrogen-bond acceptors (Lipinski definition) is 8. The van der Waals surface area contributed by atoms with E-state index in [4.69, 9.17) is 65.1 Å². The highest BCUT2D eigenvalue weighted by atomic mass is 35.5. The summed E-state index contributed by atoms with van der Waals surface area (Å²) in [5.41, 5.74) is 31.9. The van der Waals surface area contributed by atoms with Crippen molar-refractivity contribution in [3.05, 3.63) is 213 Å². The zero-order valence-electron chi connectivity index (χ0n) is 37.9. The number of benzene rings is 8. The van der Waals surface area contributed by atoms with Crippen LogP contribution in [0.2, 0.25) is 10.0 Å². The molecule has 0 amide bonds. The quantitative estimate of drug-likeness (QED) is 0.0888. The molecule has 0 saturated heterocycles. The molecule has 8 aromatic rings. The second-order valence-corrected chi connectivity index (χ2v) is 18.0. The monoisotopic (exact) mass is 916 g/mol. The molecular formula is C56H54Cl2N4O4. The minimum atomic E-state index is -0.354. The number of aryl methyl sites for hydroxylation is 2. The van der Waals surface area contributed by atoms with Crippen LogP contribution < -0.4 is 41.9 Å². The fourth-order valence-electron chi connectivity index (χ4n) is 7.23. The van der Waals surface area contributed by atoms with E-state index in [-0.39, 0.29) is 10.8 Å². The van der Waals surface area contributed by atoms with Gasteiger partial charge < -0.3 is 41.9 Å². The van der Waals surface area contributed by atoms with E-state index in [1.807, 2.05) is 97.1 Å². The molecule has 8 aromatic carbocycles. The van der Waals surface area contributed by atoms with Crippen LogP contribution in [0.25, 0.3) is 0 Å². The standard InChI is InChI=1S/C29H30N2O2.C27H24Cl2N2O2/c1-19-17-21(5-15-27(19)32-25-11-7-23(30)8-12-25)29(3,4)22-6-16-28(20(2)18-22)33-26-13-9-24(31)10-14-26;1-27(2,17-3-13-25(23(28)15-17)32-21-9-5-19(30)6-10-21)18-4-14-26(24(29)16-18)33-22-11-7-20(31)8-12-22/h5-18H,30-31H2,1-4H3;3-16H,30-31H2,1-2H3. The molecule has 0 aliphatic rings. The molecule has 0 fully saturated rings. The molecule has 0 atom stereocenters. The van der Waals surface area contributed by atoms with Crippen molar-refractivity contribution in [1.29, 1.82) is 0 Å². The van der Waals surface area contributed by atoms with Gasteiger partial charge in [-0.1, -0.05) is 87.3 Å². The Kier molecular flexibility index (Phi) is 14.1. The number of ether oxygens (including phenoxy) is 4. The van der Waals surface area contributed by atoms with Gasteiger partial charge in [0.05, 0.1) is 10.0 Å². The number of halogens is 2. The van der Waals surface area contributed by atoms with E-state index in [9.17, 15) is 0 Å². The van der Waals surface area contributed by atoms with Crippen LogP contribution in [-0.2, 0) is 10.8 Å². The summed E-state index contributed by atoms with van der Waals surface area (Å²) in [7, 11) is 0. The normalized spacial score (nSPS) is 11.3. The molecule has 336 valence electrons. The minimum Gasteiger partial charge on any atom is -0.457 e. The molecule has 8 rings (SSSR count). The first-order chi connectivity index (χ1) is 31.4. The molecule has 0 bridgehead atoms. The first-order valence-corrected chi connectivity index (χ1v) is 22.2. The Balaban J connectivity index is 0.000000196. The second-order valence-electron chi connectivity index (χ2n) is 17.2. The van der Waals surface area contributed by atoms with Crippen molar-refractivity contribution >= 4 is 46.0 Å². The number of anilines is 4. The summed E-state index contributed by atoms with van der Waals surface area (Å²) in [4.78, 5) is 0. The van der Waals surface area contributed by atoms with E-state index in [1.165, 1.54) is 11.1 Å². The molecule has 66 heavy (non-hydrogen) atoms. The van der Waals surface area contributed by atoms with Crippen molar-refractivity contribution < 1.29 is 18.9 Å². The number of nitrogens with two attached hydrogens (primary N) is 4. The van der Waals surface area contributed by atoms with Gasteiger partial charge in [0.15, 0.2) is 0 Å². The van der Waals surface area contributed by atoms with Crippen LogP contribution in [0.15, 0.2) is 170 Å². The van der Waals surface area contributed by atoms with E-state index in [1.54, 1.807) is 48.5 Å². The average Bonchev–Trinajstić information content (AvgIpc) is 3.29. The van der Waals surface area contributed by atoms with E-state index in [0.717, 1.165) is 56.6 Å². The summed E-state index contributed by atoms with van der Waals surface area (Å²) in [6.07, 6.45) is 0. The van der Waals surface area contributed by atoms with Gasteiger partial charge in [-0.3, -0.25) is 0 Å². The Labute approximate surface area is 397 Å². The molecule has 0 aromatic heterocycles. The Morgan fingerprint density at radius 2 is 0.545 bits per heavy atom. The van der Waals surface area contributed by atoms with Crippen molar-refractivity contribution in [2.24, 2.45) is 0 Å². The van der Waals surface area contributed by atoms with Gasteiger partial charge in [-0.2, -0.15) is 0 Å². The molecule has 0 aliphatic heterocycles. The number of nitrogen functional groups attached to an aromatic ring is 4. The highest BCUT2D eigenvalue weighted by Crippen LogP contribution is 2.41. The molecule has 0 radical (unpaired) electrons. The molecule has 0 heterocycles. The Hall–Kier alpha value is -7.26. The summed E-state index contributed by atoms with van der Waals surface area (Å²) >= 11 is 13.1. The molecule has 0 saturated carbocycles. The summed E-state index contributed by atoms with van der Waals surface area (Å²) < 4.78 is 23.9. The van der Waals surface area contributed by atoms with Crippen LogP contribution in [0.3, 0.4) is 0 Å². The summed E-state index contributed by atoms with van der Waals surface area (Å²) in [5.74, 6) is 5.70. The topological polar surface area (TPSA) is 141 Å². The fraction of sp³-hybridized carbons (Fsp3) is 0.143. The van der Waals surface area contributed by atoms with Gasteiger partial charge in [-0.25, -0.2) is 0 Å². The summed E-state index contributed by atoms with van der Waals surface area (Å²) in [6, 6.07) is 53.5. The van der Waals surface area contributed by atoms with Gasteiger partial charge in [0, 0.05) is 33.6 Å². The highest BCUT2D eigenvalue weighted by Gasteiger charge is 2.27. The number of rotatable bonds is 12. The summed E-state index contributed by atoms with van der Waals surface area (Å²) in [6.45, 7) is 12.8. The lowest BCUT2D eigenvalue weighted by Gasteiger charge is -2.28. The molecule has 0 aliphatic carbocycles. The first kappa shape index (κ1) is 46.7. The third-order valence-corrected chi connectivity index (χ3v) is 12.1. The van der Waals surface area contributed by atoms with E-state index in [0.29, 0.717) is 44.4 Å². The Bertz CT molecular complexity index is 2540. The maximum absolute atomic E-state index is 6.56.